The Morgan fingerprint density at radius 3 is 1.68 bits per heavy atom. The Hall–Kier alpha value is -0.234. The molecule has 0 amide bonds. The van der Waals surface area contributed by atoms with Crippen molar-refractivity contribution in [3.8, 4) is 0 Å². The Morgan fingerprint density at radius 2 is 1.25 bits per heavy atom. The molecule has 1 atom stereocenters. The van der Waals surface area contributed by atoms with Gasteiger partial charge in [-0.15, -0.1) is 0 Å². The van der Waals surface area contributed by atoms with Crippen molar-refractivity contribution in [2.75, 3.05) is 6.61 Å². The molecular formula is C24H37KO3. The van der Waals surface area contributed by atoms with E-state index < -0.39 is 12.1 Å². The number of carboxylic acid groups (broad SMARTS) is 1. The van der Waals surface area contributed by atoms with Gasteiger partial charge in [0.15, 0.2) is 0 Å². The van der Waals surface area contributed by atoms with Gasteiger partial charge >= 0.3 is 51.4 Å². The summed E-state index contributed by atoms with van der Waals surface area (Å²) in [4.78, 5) is 10.7. The quantitative estimate of drug-likeness (QED) is 0.209. The normalized spacial score (nSPS) is 13.4. The summed E-state index contributed by atoms with van der Waals surface area (Å²) in [6, 6.07) is 0. The molecule has 4 heteroatoms. The zero-order chi connectivity index (χ0) is 20.0. The van der Waals surface area contributed by atoms with Gasteiger partial charge in [-0.05, 0) is 57.8 Å². The molecule has 0 bridgehead atoms. The molecule has 0 aliphatic heterocycles. The van der Waals surface area contributed by atoms with E-state index in [9.17, 15) is 9.90 Å². The zero-order valence-corrected chi connectivity index (χ0v) is 21.3. The topological polar surface area (TPSA) is 49.4 Å². The van der Waals surface area contributed by atoms with Gasteiger partial charge in [-0.2, -0.15) is 0 Å². The summed E-state index contributed by atoms with van der Waals surface area (Å²) in [5.41, 5.74) is 0. The Labute approximate surface area is 215 Å². The van der Waals surface area contributed by atoms with E-state index in [2.05, 4.69) is 67.7 Å². The molecule has 0 heterocycles. The summed E-state index contributed by atoms with van der Waals surface area (Å²) in [5, 5.41) is 10.7. The predicted molar refractivity (Wildman–Crippen MR) is 113 cm³/mol. The summed E-state index contributed by atoms with van der Waals surface area (Å²) in [6.07, 6.45) is 29.5. The minimum atomic E-state index is -1.12. The minimum Gasteiger partial charge on any atom is -0.547 e. The van der Waals surface area contributed by atoms with Crippen LogP contribution in [0.2, 0.25) is 0 Å². The van der Waals surface area contributed by atoms with E-state index in [1.807, 2.05) is 0 Å². The van der Waals surface area contributed by atoms with E-state index >= 15 is 0 Å². The first-order valence-electron chi connectivity index (χ1n) is 10.3. The standard InChI is InChI=1S/C24H38O3.K/c1-3-5-6-7-8-9-10-11-12-13-14-15-16-17-18-19-20-21-22-27-23(4-2)24(25)26;/h5-6,8-9,11-12,14-15,17-18,23H,3-4,7,10,13,16,19-22H2,1-2H3,(H,25,26);/q;+1/p-1. The van der Waals surface area contributed by atoms with E-state index in [0.29, 0.717) is 13.0 Å². The van der Waals surface area contributed by atoms with E-state index in [1.165, 1.54) is 0 Å². The van der Waals surface area contributed by atoms with E-state index in [1.54, 1.807) is 6.92 Å². The zero-order valence-electron chi connectivity index (χ0n) is 18.1. The number of carbonyl (C=O) groups is 1. The summed E-state index contributed by atoms with van der Waals surface area (Å²) in [6.45, 7) is 4.42. The predicted octanol–water partition coefficient (Wildman–Crippen LogP) is 2.46. The van der Waals surface area contributed by atoms with E-state index in [0.717, 1.165) is 51.4 Å². The maximum atomic E-state index is 10.7. The van der Waals surface area contributed by atoms with E-state index in [4.69, 9.17) is 4.74 Å². The van der Waals surface area contributed by atoms with Crippen LogP contribution in [0.5, 0.6) is 0 Å². The van der Waals surface area contributed by atoms with Crippen molar-refractivity contribution in [2.45, 2.75) is 77.7 Å². The fourth-order valence-electron chi connectivity index (χ4n) is 2.31. The number of hydrogen-bond acceptors (Lipinski definition) is 3. The Kier molecular flexibility index (Phi) is 26.5. The molecule has 0 fully saturated rings. The third kappa shape index (κ3) is 22.1. The van der Waals surface area contributed by atoms with Gasteiger partial charge in [-0.3, -0.25) is 0 Å². The molecule has 0 N–H and O–H groups in total. The number of carboxylic acids is 1. The average molecular weight is 413 g/mol. The molecule has 1 unspecified atom stereocenters. The van der Waals surface area contributed by atoms with Crippen LogP contribution >= 0.6 is 0 Å². The summed E-state index contributed by atoms with van der Waals surface area (Å²) in [5.74, 6) is -1.12. The van der Waals surface area contributed by atoms with Crippen LogP contribution in [-0.2, 0) is 9.53 Å². The van der Waals surface area contributed by atoms with Crippen LogP contribution in [0.25, 0.3) is 0 Å². The maximum Gasteiger partial charge on any atom is 1.00 e. The Balaban J connectivity index is 0. The number of unbranched alkanes of at least 4 members (excludes halogenated alkanes) is 2. The maximum absolute atomic E-state index is 10.7. The van der Waals surface area contributed by atoms with Gasteiger partial charge in [-0.1, -0.05) is 74.6 Å². The van der Waals surface area contributed by atoms with Crippen LogP contribution in [0, 0.1) is 0 Å². The van der Waals surface area contributed by atoms with E-state index in [-0.39, 0.29) is 51.4 Å². The first kappa shape index (κ1) is 30.0. The number of ether oxygens (including phenoxy) is 1. The molecule has 0 spiro atoms. The molecule has 3 nitrogen and oxygen atoms in total. The molecule has 0 rings (SSSR count). The minimum absolute atomic E-state index is 0. The van der Waals surface area contributed by atoms with Gasteiger partial charge in [0.2, 0.25) is 0 Å². The van der Waals surface area contributed by atoms with Gasteiger partial charge in [0.25, 0.3) is 0 Å². The number of allylic oxidation sites excluding steroid dienone is 10. The average Bonchev–Trinajstić information content (AvgIpc) is 2.66. The smallest absolute Gasteiger partial charge is 0.547 e. The fourth-order valence-corrected chi connectivity index (χ4v) is 2.31. The number of hydrogen-bond donors (Lipinski definition) is 0. The molecular weight excluding hydrogens is 375 g/mol. The van der Waals surface area contributed by atoms with Gasteiger partial charge in [-0.25, -0.2) is 0 Å². The second-order valence-electron chi connectivity index (χ2n) is 6.29. The molecule has 0 aromatic heterocycles. The van der Waals surface area contributed by atoms with Crippen molar-refractivity contribution in [1.82, 2.24) is 0 Å². The van der Waals surface area contributed by atoms with Crippen molar-refractivity contribution >= 4 is 5.97 Å². The number of aliphatic carboxylic acids is 1. The summed E-state index contributed by atoms with van der Waals surface area (Å²) >= 11 is 0. The molecule has 152 valence electrons. The summed E-state index contributed by atoms with van der Waals surface area (Å²) in [7, 11) is 0. The molecule has 0 saturated carbocycles. The van der Waals surface area contributed by atoms with Crippen molar-refractivity contribution < 1.29 is 66.0 Å². The van der Waals surface area contributed by atoms with Crippen molar-refractivity contribution in [2.24, 2.45) is 0 Å². The van der Waals surface area contributed by atoms with Crippen molar-refractivity contribution in [1.29, 1.82) is 0 Å². The Morgan fingerprint density at radius 1 is 0.786 bits per heavy atom. The fraction of sp³-hybridized carbons (Fsp3) is 0.542. The van der Waals surface area contributed by atoms with Crippen molar-refractivity contribution in [3.63, 3.8) is 0 Å². The largest absolute Gasteiger partial charge is 1.00 e. The van der Waals surface area contributed by atoms with Crippen LogP contribution in [0.1, 0.15) is 71.6 Å². The second kappa shape index (κ2) is 24.8. The first-order chi connectivity index (χ1) is 13.2. The van der Waals surface area contributed by atoms with Gasteiger partial charge in [0.05, 0.1) is 12.1 Å². The summed E-state index contributed by atoms with van der Waals surface area (Å²) < 4.78 is 5.27. The SMILES string of the molecule is CCC=CCC=CCC=CCC=CCC=CCCCCOC(CC)C(=O)[O-].[K+]. The van der Waals surface area contributed by atoms with Crippen LogP contribution < -0.4 is 56.5 Å². The van der Waals surface area contributed by atoms with Crippen LogP contribution in [0.4, 0.5) is 0 Å². The third-order valence-electron chi connectivity index (χ3n) is 3.88. The third-order valence-corrected chi connectivity index (χ3v) is 3.88. The van der Waals surface area contributed by atoms with Crippen molar-refractivity contribution in [3.05, 3.63) is 60.8 Å². The van der Waals surface area contributed by atoms with Crippen LogP contribution in [0.3, 0.4) is 0 Å². The first-order valence-corrected chi connectivity index (χ1v) is 10.3. The monoisotopic (exact) mass is 412 g/mol. The molecule has 0 aliphatic carbocycles. The van der Waals surface area contributed by atoms with Crippen LogP contribution in [0.15, 0.2) is 60.8 Å². The molecule has 0 aromatic rings. The Bertz CT molecular complexity index is 490. The molecule has 0 aliphatic rings. The second-order valence-corrected chi connectivity index (χ2v) is 6.29. The van der Waals surface area contributed by atoms with Crippen LogP contribution in [-0.4, -0.2) is 18.7 Å². The number of rotatable bonds is 17. The molecule has 28 heavy (non-hydrogen) atoms. The van der Waals surface area contributed by atoms with Gasteiger partial charge in [0.1, 0.15) is 0 Å². The number of carbonyl (C=O) groups excluding carboxylic acids is 1. The molecule has 0 radical (unpaired) electrons. The van der Waals surface area contributed by atoms with Gasteiger partial charge < -0.3 is 14.6 Å². The molecule has 0 saturated heterocycles. The van der Waals surface area contributed by atoms with Gasteiger partial charge in [0, 0.05) is 6.61 Å². The molecule has 0 aromatic carbocycles.